The summed E-state index contributed by atoms with van der Waals surface area (Å²) in [5, 5.41) is 1.44. The minimum absolute atomic E-state index is 0.410. The summed E-state index contributed by atoms with van der Waals surface area (Å²) in [6.07, 6.45) is 4.72. The standard InChI is InChI=1S/C17H13Br2NO2S/c18-15-6-1-13(2-7-15)5-10-17(21)20-23(22)12-11-14-3-8-16(19)9-4-14/h1-12H,(H,20,21)/b10-5+,12-11-. The Balaban J connectivity index is 1.88. The van der Waals surface area contributed by atoms with E-state index in [2.05, 4.69) is 36.6 Å². The van der Waals surface area contributed by atoms with Gasteiger partial charge in [-0.1, -0.05) is 56.1 Å². The van der Waals surface area contributed by atoms with Gasteiger partial charge in [0, 0.05) is 20.4 Å². The molecule has 1 unspecified atom stereocenters. The molecule has 1 atom stereocenters. The van der Waals surface area contributed by atoms with Crippen molar-refractivity contribution >= 4 is 60.9 Å². The molecule has 6 heteroatoms. The fourth-order valence-corrected chi connectivity index (χ4v) is 2.77. The number of halogens is 2. The number of hydrogen-bond acceptors (Lipinski definition) is 2. The molecule has 0 aliphatic carbocycles. The average Bonchev–Trinajstić information content (AvgIpc) is 2.54. The Kier molecular flexibility index (Phi) is 6.95. The van der Waals surface area contributed by atoms with E-state index in [9.17, 15) is 9.00 Å². The van der Waals surface area contributed by atoms with E-state index in [1.54, 1.807) is 12.2 Å². The molecule has 2 aromatic rings. The van der Waals surface area contributed by atoms with Crippen LogP contribution in [0.25, 0.3) is 12.2 Å². The van der Waals surface area contributed by atoms with Crippen LogP contribution in [0.4, 0.5) is 0 Å². The molecular weight excluding hydrogens is 442 g/mol. The smallest absolute Gasteiger partial charge is 0.255 e. The molecule has 0 heterocycles. The largest absolute Gasteiger partial charge is 0.269 e. The molecule has 2 aromatic carbocycles. The van der Waals surface area contributed by atoms with Gasteiger partial charge >= 0.3 is 0 Å². The minimum atomic E-state index is -1.57. The first-order chi connectivity index (χ1) is 11.0. The lowest BCUT2D eigenvalue weighted by molar-refractivity contribution is -0.114. The van der Waals surface area contributed by atoms with Gasteiger partial charge in [-0.3, -0.25) is 9.52 Å². The van der Waals surface area contributed by atoms with E-state index in [1.165, 1.54) is 11.5 Å². The van der Waals surface area contributed by atoms with Crippen LogP contribution in [0.3, 0.4) is 0 Å². The van der Waals surface area contributed by atoms with Gasteiger partial charge in [-0.2, -0.15) is 0 Å². The number of carbonyl (C=O) groups is 1. The molecule has 0 spiro atoms. The summed E-state index contributed by atoms with van der Waals surface area (Å²) < 4.78 is 16.1. The summed E-state index contributed by atoms with van der Waals surface area (Å²) in [7, 11) is -1.57. The Morgan fingerprint density at radius 3 is 1.87 bits per heavy atom. The van der Waals surface area contributed by atoms with Crippen LogP contribution in [-0.2, 0) is 15.8 Å². The predicted octanol–water partition coefficient (Wildman–Crippen LogP) is 4.68. The van der Waals surface area contributed by atoms with E-state index in [0.29, 0.717) is 0 Å². The summed E-state index contributed by atoms with van der Waals surface area (Å²) in [6, 6.07) is 15.1. The third-order valence-corrected chi connectivity index (χ3v) is 4.60. The van der Waals surface area contributed by atoms with Crippen LogP contribution in [0.15, 0.2) is 69.0 Å². The summed E-state index contributed by atoms with van der Waals surface area (Å²) in [5.74, 6) is -0.410. The second kappa shape index (κ2) is 8.96. The van der Waals surface area contributed by atoms with E-state index in [-0.39, 0.29) is 0 Å². The molecule has 0 saturated heterocycles. The van der Waals surface area contributed by atoms with Crippen molar-refractivity contribution in [1.82, 2.24) is 4.72 Å². The second-order valence-electron chi connectivity index (χ2n) is 4.50. The van der Waals surface area contributed by atoms with Crippen LogP contribution in [0.1, 0.15) is 11.1 Å². The molecule has 0 aliphatic rings. The van der Waals surface area contributed by atoms with Gasteiger partial charge in [0.15, 0.2) is 0 Å². The fourth-order valence-electron chi connectivity index (χ4n) is 1.63. The number of nitrogens with one attached hydrogen (secondary N) is 1. The Hall–Kier alpha value is -1.50. The summed E-state index contributed by atoms with van der Waals surface area (Å²) in [6.45, 7) is 0. The van der Waals surface area contributed by atoms with Crippen molar-refractivity contribution in [3.8, 4) is 0 Å². The van der Waals surface area contributed by atoms with Crippen LogP contribution in [-0.4, -0.2) is 10.1 Å². The predicted molar refractivity (Wildman–Crippen MR) is 103 cm³/mol. The highest BCUT2D eigenvalue weighted by molar-refractivity contribution is 9.10. The molecule has 118 valence electrons. The number of benzene rings is 2. The fraction of sp³-hybridized carbons (Fsp3) is 0. The third kappa shape index (κ3) is 6.64. The van der Waals surface area contributed by atoms with Gasteiger partial charge in [0.05, 0.1) is 0 Å². The molecule has 0 radical (unpaired) electrons. The number of carbonyl (C=O) groups excluding carboxylic acids is 1. The van der Waals surface area contributed by atoms with Crippen molar-refractivity contribution in [3.63, 3.8) is 0 Å². The van der Waals surface area contributed by atoms with Gasteiger partial charge in [0.25, 0.3) is 5.91 Å². The minimum Gasteiger partial charge on any atom is -0.269 e. The maximum atomic E-state index is 11.8. The average molecular weight is 455 g/mol. The highest BCUT2D eigenvalue weighted by Crippen LogP contribution is 2.12. The van der Waals surface area contributed by atoms with E-state index in [4.69, 9.17) is 0 Å². The molecule has 2 rings (SSSR count). The normalized spacial score (nSPS) is 12.6. The zero-order valence-corrected chi connectivity index (χ0v) is 15.9. The van der Waals surface area contributed by atoms with Gasteiger partial charge in [-0.25, -0.2) is 4.21 Å². The van der Waals surface area contributed by atoms with Crippen LogP contribution in [0.5, 0.6) is 0 Å². The number of amides is 1. The van der Waals surface area contributed by atoms with E-state index < -0.39 is 16.9 Å². The molecule has 23 heavy (non-hydrogen) atoms. The SMILES string of the molecule is O=C(/C=C/c1ccc(Br)cc1)NS(=O)/C=C\c1ccc(Br)cc1. The van der Waals surface area contributed by atoms with Crippen molar-refractivity contribution < 1.29 is 9.00 Å². The lowest BCUT2D eigenvalue weighted by Gasteiger charge is -1.98. The highest BCUT2D eigenvalue weighted by Gasteiger charge is 1.99. The van der Waals surface area contributed by atoms with Gasteiger partial charge in [-0.15, -0.1) is 0 Å². The van der Waals surface area contributed by atoms with Gasteiger partial charge in [0.2, 0.25) is 0 Å². The second-order valence-corrected chi connectivity index (χ2v) is 7.41. The van der Waals surface area contributed by atoms with Crippen LogP contribution in [0.2, 0.25) is 0 Å². The quantitative estimate of drug-likeness (QED) is 0.667. The topological polar surface area (TPSA) is 46.2 Å². The molecule has 0 saturated carbocycles. The zero-order chi connectivity index (χ0) is 16.7. The maximum Gasteiger partial charge on any atom is 0.255 e. The lowest BCUT2D eigenvalue weighted by atomic mass is 10.2. The monoisotopic (exact) mass is 453 g/mol. The number of hydrogen-bond donors (Lipinski definition) is 1. The third-order valence-electron chi connectivity index (χ3n) is 2.75. The first-order valence-corrected chi connectivity index (χ1v) is 9.41. The molecule has 1 N–H and O–H groups in total. The van der Waals surface area contributed by atoms with Crippen molar-refractivity contribution in [2.24, 2.45) is 0 Å². The van der Waals surface area contributed by atoms with Gasteiger partial charge in [0.1, 0.15) is 11.0 Å². The van der Waals surface area contributed by atoms with Crippen LogP contribution in [0, 0.1) is 0 Å². The Labute approximate surface area is 154 Å². The molecule has 0 aromatic heterocycles. The molecular formula is C17H13Br2NO2S. The maximum absolute atomic E-state index is 11.8. The first kappa shape index (κ1) is 17.8. The Morgan fingerprint density at radius 2 is 1.35 bits per heavy atom. The molecule has 0 fully saturated rings. The Bertz CT molecular complexity index is 688. The van der Waals surface area contributed by atoms with Crippen LogP contribution < -0.4 is 4.72 Å². The summed E-state index contributed by atoms with van der Waals surface area (Å²) in [4.78, 5) is 11.7. The molecule has 1 amide bonds. The van der Waals surface area contributed by atoms with Crippen molar-refractivity contribution in [2.45, 2.75) is 0 Å². The van der Waals surface area contributed by atoms with Gasteiger partial charge in [-0.05, 0) is 47.5 Å². The summed E-state index contributed by atoms with van der Waals surface area (Å²) >= 11 is 6.69. The van der Waals surface area contributed by atoms with Crippen molar-refractivity contribution in [1.29, 1.82) is 0 Å². The van der Waals surface area contributed by atoms with E-state index >= 15 is 0 Å². The van der Waals surface area contributed by atoms with E-state index in [1.807, 2.05) is 48.5 Å². The lowest BCUT2D eigenvalue weighted by Crippen LogP contribution is -2.21. The highest BCUT2D eigenvalue weighted by atomic mass is 79.9. The molecule has 0 bridgehead atoms. The first-order valence-electron chi connectivity index (χ1n) is 6.61. The Morgan fingerprint density at radius 1 is 0.870 bits per heavy atom. The van der Waals surface area contributed by atoms with Crippen LogP contribution >= 0.6 is 31.9 Å². The van der Waals surface area contributed by atoms with Gasteiger partial charge < -0.3 is 0 Å². The van der Waals surface area contributed by atoms with Crippen molar-refractivity contribution in [3.05, 3.63) is 80.1 Å². The van der Waals surface area contributed by atoms with E-state index in [0.717, 1.165) is 20.1 Å². The molecule has 3 nitrogen and oxygen atoms in total. The number of rotatable bonds is 5. The molecule has 0 aliphatic heterocycles. The zero-order valence-electron chi connectivity index (χ0n) is 11.9. The van der Waals surface area contributed by atoms with Crippen molar-refractivity contribution in [2.75, 3.05) is 0 Å². The summed E-state index contributed by atoms with van der Waals surface area (Å²) in [5.41, 5.74) is 1.79.